The number of amides is 1. The number of aromatic nitrogens is 6. The van der Waals surface area contributed by atoms with Crippen LogP contribution in [-0.2, 0) is 9.31 Å². The Labute approximate surface area is 553 Å². The summed E-state index contributed by atoms with van der Waals surface area (Å²) in [5.41, 5.74) is 10.5. The van der Waals surface area contributed by atoms with Crippen LogP contribution in [-0.4, -0.2) is 83.6 Å². The second-order valence-corrected chi connectivity index (χ2v) is 22.1. The molecule has 5 aromatic carbocycles. The molecule has 0 unspecified atom stereocenters. The van der Waals surface area contributed by atoms with Gasteiger partial charge in [0.2, 0.25) is 0 Å². The molecule has 0 bridgehead atoms. The van der Waals surface area contributed by atoms with Crippen molar-refractivity contribution in [1.82, 2.24) is 29.9 Å². The van der Waals surface area contributed by atoms with E-state index >= 15 is 0 Å². The third-order valence-corrected chi connectivity index (χ3v) is 14.1. The Hall–Kier alpha value is -7.62. The SMILES string of the molecule is C.CC1(C)OB(c2cnc(N)cn2)OC1(C)C.ClCCl.FC1(F)Oc2cc(Cl)c(Br)cc2O1.Nc1cnc(-c2cc3c(cc2Cl)OC(F)(F)O3)cn1.O=C(Cl)c1c(F)cccc1F.O=C(Nc1cnc(-c2cc3c(cc2Cl)OC(F)(F)O3)cn1)c1c(F)cccc1F. The molecule has 7 heterocycles. The van der Waals surface area contributed by atoms with Crippen molar-refractivity contribution in [3.05, 3.63) is 164 Å². The second kappa shape index (κ2) is 30.0. The molecule has 0 atom stereocenters. The molecule has 4 aliphatic heterocycles. The van der Waals surface area contributed by atoms with E-state index in [1.807, 2.05) is 27.7 Å². The highest BCUT2D eigenvalue weighted by Gasteiger charge is 2.53. The summed E-state index contributed by atoms with van der Waals surface area (Å²) in [6, 6.07) is 13.6. The summed E-state index contributed by atoms with van der Waals surface area (Å²) in [4.78, 5) is 46.4. The summed E-state index contributed by atoms with van der Waals surface area (Å²) in [6.45, 7) is 7.99. The number of anilines is 3. The van der Waals surface area contributed by atoms with E-state index in [9.17, 15) is 53.5 Å². The van der Waals surface area contributed by atoms with E-state index in [-0.39, 0.29) is 91.4 Å². The molecule has 1 fully saturated rings. The number of nitrogen functional groups attached to an aromatic ring is 2. The molecule has 1 saturated heterocycles. The van der Waals surface area contributed by atoms with Gasteiger partial charge < -0.3 is 54.5 Å². The summed E-state index contributed by atoms with van der Waals surface area (Å²) in [5.74, 6) is -5.23. The zero-order chi connectivity index (χ0) is 67.1. The number of rotatable bonds is 6. The first-order valence-corrected chi connectivity index (χ1v) is 28.2. The lowest BCUT2D eigenvalue weighted by Gasteiger charge is -2.32. The molecule has 0 saturated carbocycles. The highest BCUT2D eigenvalue weighted by atomic mass is 79.9. The number of carbonyl (C=O) groups is 2. The number of fused-ring (bicyclic) bond motifs is 3. The zero-order valence-corrected chi connectivity index (χ0v) is 52.1. The lowest BCUT2D eigenvalue weighted by Crippen LogP contribution is -2.41. The summed E-state index contributed by atoms with van der Waals surface area (Å²) >= 11 is 35.2. The number of benzene rings is 5. The molecule has 0 aliphatic carbocycles. The molecular weight excluding hydrogens is 1440 g/mol. The number of alkyl halides is 8. The maximum Gasteiger partial charge on any atom is 0.586 e. The average molecular weight is 1480 g/mol. The van der Waals surface area contributed by atoms with Crippen molar-refractivity contribution in [1.29, 1.82) is 0 Å². The first-order valence-electron chi connectivity index (χ1n) is 24.8. The molecule has 5 N–H and O–H groups in total. The third-order valence-electron chi connectivity index (χ3n) is 12.1. The quantitative estimate of drug-likeness (QED) is 0.0606. The molecule has 19 nitrogen and oxygen atoms in total. The molecule has 3 aromatic heterocycles. The summed E-state index contributed by atoms with van der Waals surface area (Å²) < 4.78 is 167. The maximum absolute atomic E-state index is 13.7. The number of hydrogen-bond acceptors (Lipinski definition) is 18. The molecule has 1 amide bonds. The monoisotopic (exact) mass is 1480 g/mol. The molecule has 12 rings (SSSR count). The number of halogens is 17. The standard InChI is InChI=1S/C18H8ClF4N3O3.C11H6ClF2N3O2.C10H16BN3O2.C7H2BrClF2O2.C7H3ClF2O.CH2Cl2.CH4/c19-9-5-14-13(28-18(22,23)29-14)4-8(9)12-6-25-15(7-24-12)26-17(27)16-10(20)2-1-3-11(16)21;12-6-2-9-8(18-11(13,14)19-9)1-5(6)7-3-17-10(15)4-16-7;1-9(2)10(3,4)16-11(15-9)7-5-14-8(12)6-13-7;8-3-1-5-6(2-4(3)9)13-7(10,11)12-5;8-7(11)6-4(9)2-1-3-5(6)10;2-1-3;/h1-7H,(H,25,26,27);1-4H,(H2,15,17);5-6H,1-4H3,(H2,12,14);1-2H;1-3H;1H2;1H4. The molecule has 488 valence electrons. The fraction of sp³-hybridized carbons (Fsp3) is 0.200. The van der Waals surface area contributed by atoms with Crippen molar-refractivity contribution in [3.8, 4) is 57.0 Å². The highest BCUT2D eigenvalue weighted by molar-refractivity contribution is 9.10. The average Bonchev–Trinajstić information content (AvgIpc) is 1.64. The van der Waals surface area contributed by atoms with E-state index in [2.05, 4.69) is 79.6 Å². The van der Waals surface area contributed by atoms with Crippen LogP contribution >= 0.6 is 85.5 Å². The maximum atomic E-state index is 13.7. The smallest absolute Gasteiger partial charge is 0.398 e. The van der Waals surface area contributed by atoms with Gasteiger partial charge in [0, 0.05) is 46.1 Å². The van der Waals surface area contributed by atoms with Crippen LogP contribution < -0.4 is 50.8 Å². The van der Waals surface area contributed by atoms with E-state index < -0.39 is 71.5 Å². The van der Waals surface area contributed by atoms with Gasteiger partial charge in [-0.25, -0.2) is 32.5 Å². The van der Waals surface area contributed by atoms with Crippen molar-refractivity contribution in [2.24, 2.45) is 0 Å². The van der Waals surface area contributed by atoms with Gasteiger partial charge in [-0.2, -0.15) is 0 Å². The molecule has 0 radical (unpaired) electrons. The van der Waals surface area contributed by atoms with Crippen molar-refractivity contribution < 1.29 is 91.2 Å². The second-order valence-electron chi connectivity index (χ2n) is 18.9. The van der Waals surface area contributed by atoms with Gasteiger partial charge in [0.15, 0.2) is 40.3 Å². The Kier molecular flexibility index (Phi) is 23.9. The summed E-state index contributed by atoms with van der Waals surface area (Å²) in [6.07, 6.45) is -2.97. The van der Waals surface area contributed by atoms with Crippen LogP contribution in [0, 0.1) is 23.3 Å². The van der Waals surface area contributed by atoms with Crippen molar-refractivity contribution >= 4 is 127 Å². The largest absolute Gasteiger partial charge is 0.586 e. The van der Waals surface area contributed by atoms with Crippen LogP contribution in [0.1, 0.15) is 55.8 Å². The number of nitrogens with two attached hydrogens (primary N) is 2. The molecular formula is C55H41BBrCl6F10N9O10. The predicted molar refractivity (Wildman–Crippen MR) is 323 cm³/mol. The van der Waals surface area contributed by atoms with Gasteiger partial charge in [0.25, 0.3) is 11.1 Å². The molecule has 0 spiro atoms. The Morgan fingerprint density at radius 2 is 0.891 bits per heavy atom. The molecule has 37 heteroatoms. The number of carbonyl (C=O) groups excluding carboxylic acids is 2. The third kappa shape index (κ3) is 18.6. The van der Waals surface area contributed by atoms with Gasteiger partial charge in [-0.15, -0.1) is 49.5 Å². The van der Waals surface area contributed by atoms with Gasteiger partial charge in [-0.1, -0.05) is 54.4 Å². The predicted octanol–water partition coefficient (Wildman–Crippen LogP) is 15.5. The van der Waals surface area contributed by atoms with Gasteiger partial charge >= 0.3 is 26.0 Å². The molecule has 92 heavy (non-hydrogen) atoms. The van der Waals surface area contributed by atoms with E-state index in [0.717, 1.165) is 48.7 Å². The van der Waals surface area contributed by atoms with Gasteiger partial charge in [-0.3, -0.25) is 24.5 Å². The van der Waals surface area contributed by atoms with Gasteiger partial charge in [-0.05, 0) is 91.6 Å². The first kappa shape index (κ1) is 73.4. The molecule has 4 aliphatic rings. The van der Waals surface area contributed by atoms with Gasteiger partial charge in [0.05, 0.1) is 79.6 Å². The van der Waals surface area contributed by atoms with E-state index in [1.54, 1.807) is 6.20 Å². The number of nitrogens with one attached hydrogen (secondary N) is 1. The Bertz CT molecular complexity index is 3900. The van der Waals surface area contributed by atoms with E-state index in [4.69, 9.17) is 90.4 Å². The fourth-order valence-corrected chi connectivity index (χ4v) is 8.46. The Morgan fingerprint density at radius 3 is 1.25 bits per heavy atom. The van der Waals surface area contributed by atoms with Crippen molar-refractivity contribution in [2.45, 2.75) is 65.2 Å². The summed E-state index contributed by atoms with van der Waals surface area (Å²) in [7, 11) is -0.474. The van der Waals surface area contributed by atoms with Crippen LogP contribution in [0.5, 0.6) is 34.5 Å². The van der Waals surface area contributed by atoms with Crippen LogP contribution in [0.2, 0.25) is 15.1 Å². The number of nitrogens with zero attached hydrogens (tertiary/aromatic N) is 6. The minimum absolute atomic E-state index is 0. The van der Waals surface area contributed by atoms with Crippen LogP contribution in [0.25, 0.3) is 22.5 Å². The zero-order valence-electron chi connectivity index (χ0n) is 46.0. The van der Waals surface area contributed by atoms with Crippen LogP contribution in [0.4, 0.5) is 61.4 Å². The normalized spacial score (nSPS) is 15.3. The minimum atomic E-state index is -3.80. The Balaban J connectivity index is 0.000000188. The van der Waals surface area contributed by atoms with E-state index in [0.29, 0.717) is 32.2 Å². The van der Waals surface area contributed by atoms with E-state index in [1.165, 1.54) is 55.1 Å². The van der Waals surface area contributed by atoms with Gasteiger partial charge in [0.1, 0.15) is 46.0 Å². The topological polar surface area (TPSA) is 249 Å². The van der Waals surface area contributed by atoms with Crippen LogP contribution in [0.15, 0.2) is 114 Å². The highest BCUT2D eigenvalue weighted by Crippen LogP contribution is 2.48. The number of ether oxygens (including phenoxy) is 6. The van der Waals surface area contributed by atoms with Crippen LogP contribution in [0.3, 0.4) is 0 Å². The summed E-state index contributed by atoms with van der Waals surface area (Å²) in [5, 5.41) is 1.82. The van der Waals surface area contributed by atoms with Crippen molar-refractivity contribution in [2.75, 3.05) is 22.1 Å². The lowest BCUT2D eigenvalue weighted by molar-refractivity contribution is -0.287. The fourth-order valence-electron chi connectivity index (χ4n) is 7.30. The van der Waals surface area contributed by atoms with Crippen molar-refractivity contribution in [3.63, 3.8) is 0 Å². The lowest BCUT2D eigenvalue weighted by atomic mass is 9.85. The molecule has 8 aromatic rings. The minimum Gasteiger partial charge on any atom is -0.398 e. The number of hydrogen-bond donors (Lipinski definition) is 3. The first-order chi connectivity index (χ1) is 42.5. The Morgan fingerprint density at radius 1 is 0.533 bits per heavy atom.